The molecule has 1 amide bonds. The van der Waals surface area contributed by atoms with Crippen LogP contribution in [0.25, 0.3) is 0 Å². The molecule has 28 heavy (non-hydrogen) atoms. The SMILES string of the molecule is CCN1CCC2(CC1)OC(=O)C(C)=C2C(=O)[N+]1(C)CCc2ccc(F)cc2C1. The number of quaternary nitrogens is 1. The van der Waals surface area contributed by atoms with Crippen molar-refractivity contribution in [2.45, 2.75) is 45.3 Å². The topological polar surface area (TPSA) is 46.6 Å². The number of nitrogens with zero attached hydrogens (tertiary/aromatic N) is 2. The van der Waals surface area contributed by atoms with Crippen LogP contribution in [-0.2, 0) is 27.3 Å². The fraction of sp³-hybridized carbons (Fsp3) is 0.545. The predicted molar refractivity (Wildman–Crippen MR) is 103 cm³/mol. The zero-order valence-electron chi connectivity index (χ0n) is 16.9. The van der Waals surface area contributed by atoms with Crippen LogP contribution < -0.4 is 0 Å². The van der Waals surface area contributed by atoms with Gasteiger partial charge >= 0.3 is 11.9 Å². The number of rotatable bonds is 2. The zero-order chi connectivity index (χ0) is 20.1. The molecule has 0 bridgehead atoms. The molecule has 0 N–H and O–H groups in total. The number of carbonyl (C=O) groups is 2. The second-order valence-corrected chi connectivity index (χ2v) is 8.56. The number of amides is 1. The van der Waals surface area contributed by atoms with E-state index in [1.807, 2.05) is 13.1 Å². The summed E-state index contributed by atoms with van der Waals surface area (Å²) in [5.41, 5.74) is 2.17. The highest BCUT2D eigenvalue weighted by Gasteiger charge is 2.55. The molecule has 3 aliphatic heterocycles. The van der Waals surface area contributed by atoms with Crippen LogP contribution >= 0.6 is 0 Å². The molecule has 3 heterocycles. The summed E-state index contributed by atoms with van der Waals surface area (Å²) < 4.78 is 19.7. The number of piperidine rings is 1. The molecule has 1 atom stereocenters. The Bertz CT molecular complexity index is 871. The molecule has 0 aliphatic carbocycles. The summed E-state index contributed by atoms with van der Waals surface area (Å²) in [7, 11) is 1.90. The van der Waals surface area contributed by atoms with E-state index in [1.165, 1.54) is 12.1 Å². The largest absolute Gasteiger partial charge is 0.450 e. The van der Waals surface area contributed by atoms with E-state index in [1.54, 1.807) is 6.92 Å². The predicted octanol–water partition coefficient (Wildman–Crippen LogP) is 2.58. The molecule has 1 aromatic carbocycles. The van der Waals surface area contributed by atoms with Gasteiger partial charge in [-0.25, -0.2) is 14.0 Å². The number of carbonyl (C=O) groups excluding carboxylic acids is 2. The van der Waals surface area contributed by atoms with Gasteiger partial charge < -0.3 is 9.64 Å². The third kappa shape index (κ3) is 2.99. The molecule has 1 aromatic rings. The molecule has 0 radical (unpaired) electrons. The number of hydrogen-bond donors (Lipinski definition) is 0. The minimum absolute atomic E-state index is 0.0526. The second-order valence-electron chi connectivity index (χ2n) is 8.56. The van der Waals surface area contributed by atoms with Crippen molar-refractivity contribution in [3.05, 3.63) is 46.3 Å². The van der Waals surface area contributed by atoms with E-state index in [4.69, 9.17) is 4.74 Å². The molecule has 150 valence electrons. The van der Waals surface area contributed by atoms with Crippen molar-refractivity contribution in [3.63, 3.8) is 0 Å². The average molecular weight is 387 g/mol. The van der Waals surface area contributed by atoms with Gasteiger partial charge in [-0.15, -0.1) is 0 Å². The maximum absolute atomic E-state index is 13.8. The van der Waals surface area contributed by atoms with Crippen molar-refractivity contribution < 1.29 is 23.2 Å². The van der Waals surface area contributed by atoms with Crippen molar-refractivity contribution in [2.24, 2.45) is 0 Å². The van der Waals surface area contributed by atoms with E-state index < -0.39 is 5.60 Å². The van der Waals surface area contributed by atoms with Crippen molar-refractivity contribution >= 4 is 11.9 Å². The molecule has 3 aliphatic rings. The third-order valence-corrected chi connectivity index (χ3v) is 6.80. The molecule has 0 saturated carbocycles. The zero-order valence-corrected chi connectivity index (χ0v) is 16.9. The smallest absolute Gasteiger partial charge is 0.346 e. The average Bonchev–Trinajstić information content (AvgIpc) is 2.91. The molecule has 5 nitrogen and oxygen atoms in total. The molecule has 6 heteroatoms. The van der Waals surface area contributed by atoms with Gasteiger partial charge in [0.15, 0.2) is 0 Å². The fourth-order valence-corrected chi connectivity index (χ4v) is 4.94. The summed E-state index contributed by atoms with van der Waals surface area (Å²) in [6, 6.07) is 4.82. The summed E-state index contributed by atoms with van der Waals surface area (Å²) in [6.45, 7) is 7.47. The lowest BCUT2D eigenvalue weighted by molar-refractivity contribution is -0.848. The van der Waals surface area contributed by atoms with E-state index in [2.05, 4.69) is 11.8 Å². The highest BCUT2D eigenvalue weighted by molar-refractivity contribution is 6.05. The summed E-state index contributed by atoms with van der Waals surface area (Å²) in [5, 5.41) is 0. The summed E-state index contributed by atoms with van der Waals surface area (Å²) in [6.07, 6.45) is 2.02. The van der Waals surface area contributed by atoms with Crippen LogP contribution in [-0.4, -0.2) is 60.1 Å². The lowest BCUT2D eigenvalue weighted by atomic mass is 9.81. The van der Waals surface area contributed by atoms with E-state index in [0.717, 1.165) is 37.2 Å². The van der Waals surface area contributed by atoms with Gasteiger partial charge in [0.2, 0.25) is 0 Å². The Morgan fingerprint density at radius 3 is 2.68 bits per heavy atom. The van der Waals surface area contributed by atoms with Gasteiger partial charge in [-0.2, -0.15) is 0 Å². The van der Waals surface area contributed by atoms with E-state index >= 15 is 0 Å². The molecule has 1 saturated heterocycles. The van der Waals surface area contributed by atoms with E-state index in [0.29, 0.717) is 37.1 Å². The molecule has 0 aromatic heterocycles. The van der Waals surface area contributed by atoms with Crippen LogP contribution in [0.3, 0.4) is 0 Å². The van der Waals surface area contributed by atoms with Crippen molar-refractivity contribution in [3.8, 4) is 0 Å². The fourth-order valence-electron chi connectivity index (χ4n) is 4.94. The Labute approximate surface area is 165 Å². The molecular weight excluding hydrogens is 359 g/mol. The quantitative estimate of drug-likeness (QED) is 0.578. The molecule has 1 unspecified atom stereocenters. The van der Waals surface area contributed by atoms with Crippen LogP contribution in [0.5, 0.6) is 0 Å². The maximum Gasteiger partial charge on any atom is 0.346 e. The van der Waals surface area contributed by atoms with Crippen LogP contribution in [0.15, 0.2) is 29.3 Å². The first kappa shape index (κ1) is 19.3. The first-order valence-electron chi connectivity index (χ1n) is 10.1. The Morgan fingerprint density at radius 2 is 2.00 bits per heavy atom. The summed E-state index contributed by atoms with van der Waals surface area (Å²) in [4.78, 5) is 28.5. The van der Waals surface area contributed by atoms with Crippen molar-refractivity contribution in [1.29, 1.82) is 0 Å². The normalized spacial score (nSPS) is 27.1. The number of esters is 1. The first-order valence-corrected chi connectivity index (χ1v) is 10.1. The minimum atomic E-state index is -0.798. The van der Waals surface area contributed by atoms with Gasteiger partial charge in [-0.3, -0.25) is 4.48 Å². The lowest BCUT2D eigenvalue weighted by Gasteiger charge is -2.42. The first-order chi connectivity index (χ1) is 13.3. The minimum Gasteiger partial charge on any atom is -0.450 e. The number of benzene rings is 1. The van der Waals surface area contributed by atoms with E-state index in [9.17, 15) is 14.0 Å². The molecular formula is C22H28FN2O3+. The van der Waals surface area contributed by atoms with E-state index in [-0.39, 0.29) is 22.2 Å². The maximum atomic E-state index is 13.8. The summed E-state index contributed by atoms with van der Waals surface area (Å²) in [5.74, 6) is -0.704. The van der Waals surface area contributed by atoms with Gasteiger partial charge in [0.05, 0.1) is 19.2 Å². The highest BCUT2D eigenvalue weighted by atomic mass is 19.1. The van der Waals surface area contributed by atoms with Crippen LogP contribution in [0.2, 0.25) is 0 Å². The Balaban J connectivity index is 1.67. The number of hydrogen-bond acceptors (Lipinski definition) is 4. The standard InChI is InChI=1S/C22H28FN2O3/c1-4-24-10-8-22(9-11-24)19(15(2)21(27)28-22)20(26)25(3)12-7-16-5-6-18(23)13-17(16)14-25/h5-6,13H,4,7-12,14H2,1-3H3/q+1. The Hall–Kier alpha value is -2.05. The van der Waals surface area contributed by atoms with Gasteiger partial charge in [0, 0.05) is 37.9 Å². The second kappa shape index (κ2) is 6.78. The number of halogens is 1. The van der Waals surface area contributed by atoms with Crippen LogP contribution in [0.1, 0.15) is 37.8 Å². The Morgan fingerprint density at radius 1 is 1.29 bits per heavy atom. The monoisotopic (exact) mass is 387 g/mol. The number of likely N-dealkylation sites (tertiary alicyclic amines) is 1. The third-order valence-electron chi connectivity index (χ3n) is 6.80. The van der Waals surface area contributed by atoms with Gasteiger partial charge in [-0.1, -0.05) is 13.0 Å². The van der Waals surface area contributed by atoms with Crippen molar-refractivity contribution in [2.75, 3.05) is 33.2 Å². The lowest BCUT2D eigenvalue weighted by Crippen LogP contribution is -2.57. The van der Waals surface area contributed by atoms with Crippen LogP contribution in [0.4, 0.5) is 4.39 Å². The molecule has 1 fully saturated rings. The van der Waals surface area contributed by atoms with Gasteiger partial charge in [0.25, 0.3) is 0 Å². The molecule has 1 spiro atoms. The van der Waals surface area contributed by atoms with Gasteiger partial charge in [0.1, 0.15) is 23.5 Å². The summed E-state index contributed by atoms with van der Waals surface area (Å²) >= 11 is 0. The van der Waals surface area contributed by atoms with Crippen LogP contribution in [0, 0.1) is 5.82 Å². The van der Waals surface area contributed by atoms with Gasteiger partial charge in [-0.05, 0) is 31.2 Å². The number of likely N-dealkylation sites (N-methyl/N-ethyl adjacent to an activating group) is 1. The highest BCUT2D eigenvalue weighted by Crippen LogP contribution is 2.43. The van der Waals surface area contributed by atoms with Crippen molar-refractivity contribution in [1.82, 2.24) is 4.90 Å². The Kier molecular flexibility index (Phi) is 4.67. The number of fused-ring (bicyclic) bond motifs is 1. The molecule has 4 rings (SSSR count). The number of ether oxygens (including phenoxy) is 1.